The van der Waals surface area contributed by atoms with Crippen molar-refractivity contribution >= 4 is 28.9 Å². The first-order valence-electron chi connectivity index (χ1n) is 13.5. The summed E-state index contributed by atoms with van der Waals surface area (Å²) in [5, 5.41) is 31.7. The summed E-state index contributed by atoms with van der Waals surface area (Å²) in [6.45, 7) is 2.36. The molecule has 3 N–H and O–H groups in total. The van der Waals surface area contributed by atoms with Gasteiger partial charge in [-0.25, -0.2) is 0 Å². The summed E-state index contributed by atoms with van der Waals surface area (Å²) in [6.07, 6.45) is 6.55. The van der Waals surface area contributed by atoms with Crippen LogP contribution in [0.2, 0.25) is 0 Å². The van der Waals surface area contributed by atoms with Crippen molar-refractivity contribution in [2.24, 2.45) is 5.92 Å². The third-order valence-electron chi connectivity index (χ3n) is 7.48. The van der Waals surface area contributed by atoms with Crippen molar-refractivity contribution in [2.45, 2.75) is 31.9 Å². The molecule has 2 atom stereocenters. The summed E-state index contributed by atoms with van der Waals surface area (Å²) < 4.78 is 7.80. The van der Waals surface area contributed by atoms with Crippen LogP contribution < -0.4 is 15.0 Å². The molecule has 2 aliphatic heterocycles. The maximum Gasteiger partial charge on any atom is 0.266 e. The maximum absolute atomic E-state index is 13.9. The molecule has 0 aliphatic carbocycles. The fourth-order valence-corrected chi connectivity index (χ4v) is 5.28. The number of hydrogen-bond donors (Lipinski definition) is 3. The Labute approximate surface area is 236 Å². The summed E-state index contributed by atoms with van der Waals surface area (Å²) in [5.41, 5.74) is 1.22. The second-order valence-electron chi connectivity index (χ2n) is 10.1. The minimum atomic E-state index is -1.84. The number of nitrogens with one attached hydrogen (secondary N) is 1. The van der Waals surface area contributed by atoms with Gasteiger partial charge in [0.1, 0.15) is 5.75 Å². The molecule has 10 heteroatoms. The molecule has 0 radical (unpaired) electrons. The molecule has 41 heavy (non-hydrogen) atoms. The van der Waals surface area contributed by atoms with Gasteiger partial charge in [-0.3, -0.25) is 19.2 Å². The fourth-order valence-electron chi connectivity index (χ4n) is 5.28. The molecule has 0 unspecified atom stereocenters. The van der Waals surface area contributed by atoms with Crippen molar-refractivity contribution in [3.05, 3.63) is 102 Å². The van der Waals surface area contributed by atoms with Crippen LogP contribution in [0.5, 0.6) is 11.5 Å². The molecule has 1 aromatic heterocycles. The van der Waals surface area contributed by atoms with Crippen LogP contribution in [0.3, 0.4) is 0 Å². The van der Waals surface area contributed by atoms with Gasteiger partial charge in [0.05, 0.1) is 16.9 Å². The Bertz CT molecular complexity index is 1660. The molecule has 0 bridgehead atoms. The van der Waals surface area contributed by atoms with Gasteiger partial charge in [0.2, 0.25) is 0 Å². The number of amides is 2. The molecule has 0 saturated carbocycles. The summed E-state index contributed by atoms with van der Waals surface area (Å²) in [4.78, 5) is 28.5. The molecule has 6 rings (SSSR count). The monoisotopic (exact) mass is 551 g/mol. The molecule has 4 aromatic rings. The van der Waals surface area contributed by atoms with E-state index >= 15 is 0 Å². The Kier molecular flexibility index (Phi) is 6.86. The van der Waals surface area contributed by atoms with E-state index in [9.17, 15) is 14.7 Å². The number of fused-ring (bicyclic) bond motifs is 3. The van der Waals surface area contributed by atoms with E-state index in [-0.39, 0.29) is 12.5 Å². The van der Waals surface area contributed by atoms with Gasteiger partial charge in [-0.2, -0.15) is 0 Å². The zero-order valence-electron chi connectivity index (χ0n) is 22.4. The predicted octanol–water partition coefficient (Wildman–Crippen LogP) is 4.32. The van der Waals surface area contributed by atoms with Crippen LogP contribution in [0.25, 0.3) is 0 Å². The number of aliphatic hydroxyl groups is 2. The van der Waals surface area contributed by atoms with Crippen LogP contribution in [-0.2, 0) is 23.4 Å². The number of benzene rings is 3. The number of anilines is 3. The van der Waals surface area contributed by atoms with E-state index in [1.165, 1.54) is 0 Å². The number of allylic oxidation sites excluding steroid dienone is 1. The number of ether oxygens (including phenoxy) is 1. The highest BCUT2D eigenvalue weighted by Crippen LogP contribution is 2.47. The second-order valence-corrected chi connectivity index (χ2v) is 10.1. The molecule has 0 fully saturated rings. The number of aryl methyl sites for hydroxylation is 1. The minimum absolute atomic E-state index is 0.0133. The normalized spacial score (nSPS) is 18.4. The van der Waals surface area contributed by atoms with Crippen LogP contribution in [0.15, 0.2) is 85.1 Å². The Morgan fingerprint density at radius 2 is 1.85 bits per heavy atom. The summed E-state index contributed by atoms with van der Waals surface area (Å²) in [7, 11) is 0. The first-order valence-corrected chi connectivity index (χ1v) is 13.5. The van der Waals surface area contributed by atoms with Crippen molar-refractivity contribution in [2.75, 3.05) is 16.8 Å². The fraction of sp³-hybridized carbons (Fsp3) is 0.226. The number of para-hydroxylation sites is 3. The SMILES string of the molecule is C[C@@H](/C=C/CCn1cc(CCO)nn1)[C@]1(O)C(=O)Nc2ccc(N3C(=O)c4ccccc4Oc4ccccc43)cc21. The Morgan fingerprint density at radius 3 is 2.68 bits per heavy atom. The quantitative estimate of drug-likeness (QED) is 0.278. The van der Waals surface area contributed by atoms with Crippen molar-refractivity contribution in [3.63, 3.8) is 0 Å². The maximum atomic E-state index is 13.9. The lowest BCUT2D eigenvalue weighted by Gasteiger charge is -2.28. The number of carbonyl (C=O) groups excluding carboxylic acids is 2. The Balaban J connectivity index is 1.30. The van der Waals surface area contributed by atoms with Gasteiger partial charge < -0.3 is 20.3 Å². The van der Waals surface area contributed by atoms with Crippen LogP contribution in [0, 0.1) is 5.92 Å². The lowest BCUT2D eigenvalue weighted by Crippen LogP contribution is -2.39. The van der Waals surface area contributed by atoms with Crippen LogP contribution >= 0.6 is 0 Å². The minimum Gasteiger partial charge on any atom is -0.454 e. The van der Waals surface area contributed by atoms with Crippen LogP contribution in [0.1, 0.15) is 35.0 Å². The molecule has 3 heterocycles. The topological polar surface area (TPSA) is 130 Å². The molecule has 2 aliphatic rings. The first-order chi connectivity index (χ1) is 19.9. The zero-order valence-corrected chi connectivity index (χ0v) is 22.4. The average Bonchev–Trinajstić information content (AvgIpc) is 3.50. The third-order valence-corrected chi connectivity index (χ3v) is 7.48. The summed E-state index contributed by atoms with van der Waals surface area (Å²) >= 11 is 0. The summed E-state index contributed by atoms with van der Waals surface area (Å²) in [6, 6.07) is 19.5. The van der Waals surface area contributed by atoms with Crippen molar-refractivity contribution in [1.82, 2.24) is 15.0 Å². The number of carbonyl (C=O) groups is 2. The molecule has 208 valence electrons. The van der Waals surface area contributed by atoms with Crippen LogP contribution in [-0.4, -0.2) is 43.6 Å². The predicted molar refractivity (Wildman–Crippen MR) is 152 cm³/mol. The first kappa shape index (κ1) is 26.4. The largest absolute Gasteiger partial charge is 0.454 e. The van der Waals surface area contributed by atoms with Gasteiger partial charge in [-0.05, 0) is 48.9 Å². The Morgan fingerprint density at radius 1 is 1.07 bits per heavy atom. The highest BCUT2D eigenvalue weighted by molar-refractivity contribution is 6.14. The molecule has 0 spiro atoms. The number of aliphatic hydroxyl groups excluding tert-OH is 1. The van der Waals surface area contributed by atoms with E-state index < -0.39 is 17.4 Å². The lowest BCUT2D eigenvalue weighted by atomic mass is 9.82. The summed E-state index contributed by atoms with van der Waals surface area (Å²) in [5.74, 6) is -0.410. The van der Waals surface area contributed by atoms with E-state index in [4.69, 9.17) is 9.84 Å². The number of aromatic nitrogens is 3. The number of hydrogen-bond acceptors (Lipinski definition) is 7. The molecule has 2 amide bonds. The van der Waals surface area contributed by atoms with Gasteiger partial charge in [0.15, 0.2) is 11.4 Å². The smallest absolute Gasteiger partial charge is 0.266 e. The van der Waals surface area contributed by atoms with Gasteiger partial charge in [0.25, 0.3) is 11.8 Å². The van der Waals surface area contributed by atoms with Gasteiger partial charge in [-0.1, -0.05) is 48.6 Å². The van der Waals surface area contributed by atoms with E-state index in [0.29, 0.717) is 59.1 Å². The average molecular weight is 552 g/mol. The number of nitrogens with zero attached hydrogens (tertiary/aromatic N) is 4. The van der Waals surface area contributed by atoms with E-state index in [1.807, 2.05) is 30.4 Å². The van der Waals surface area contributed by atoms with Gasteiger partial charge in [-0.15, -0.1) is 5.10 Å². The molecule has 10 nitrogen and oxygen atoms in total. The van der Waals surface area contributed by atoms with Gasteiger partial charge in [0, 0.05) is 48.6 Å². The molecular weight excluding hydrogens is 522 g/mol. The Hall–Kier alpha value is -4.80. The molecule has 0 saturated heterocycles. The van der Waals surface area contributed by atoms with Gasteiger partial charge >= 0.3 is 0 Å². The third kappa shape index (κ3) is 4.66. The lowest BCUT2D eigenvalue weighted by molar-refractivity contribution is -0.137. The van der Waals surface area contributed by atoms with Crippen molar-refractivity contribution in [3.8, 4) is 11.5 Å². The molecule has 3 aromatic carbocycles. The van der Waals surface area contributed by atoms with E-state index in [2.05, 4.69) is 15.6 Å². The highest BCUT2D eigenvalue weighted by Gasteiger charge is 2.49. The zero-order chi connectivity index (χ0) is 28.6. The van der Waals surface area contributed by atoms with Crippen molar-refractivity contribution < 1.29 is 24.5 Å². The standard InChI is InChI=1S/C31H29N5O5/c1-20(8-6-7-16-35-19-21(15-17-37)33-34-35)31(40)24-18-22(13-14-25(24)32-30(31)39)36-26-10-3-5-12-28(26)41-27-11-4-2-9-23(27)29(36)38/h2-6,8-14,18-20,37,40H,7,15-17H2,1H3,(H,32,39)/b8-6+/t20-,31+/m0/s1. The highest BCUT2D eigenvalue weighted by atomic mass is 16.5. The van der Waals surface area contributed by atoms with E-state index in [1.54, 1.807) is 71.2 Å². The van der Waals surface area contributed by atoms with E-state index in [0.717, 1.165) is 5.69 Å². The number of rotatable bonds is 8. The van der Waals surface area contributed by atoms with Crippen molar-refractivity contribution in [1.29, 1.82) is 0 Å². The van der Waals surface area contributed by atoms with Crippen LogP contribution in [0.4, 0.5) is 17.1 Å². The second kappa shape index (κ2) is 10.6. The molecular formula is C31H29N5O5.